The minimum Gasteiger partial charge on any atom is -0.861 e. The molecule has 1 aromatic rings. The van der Waals surface area contributed by atoms with Crippen molar-refractivity contribution < 1.29 is 52.4 Å². The van der Waals surface area contributed by atoms with Crippen LogP contribution in [0.25, 0.3) is 0 Å². The van der Waals surface area contributed by atoms with Gasteiger partial charge in [-0.3, -0.25) is 14.3 Å². The first-order valence-electron chi connectivity index (χ1n) is 4.60. The quantitative estimate of drug-likeness (QED) is 0.279. The van der Waals surface area contributed by atoms with Gasteiger partial charge < -0.3 is 5.11 Å². The van der Waals surface area contributed by atoms with E-state index in [1.54, 1.807) is 0 Å². The van der Waals surface area contributed by atoms with Crippen LogP contribution in [0.3, 0.4) is 0 Å². The van der Waals surface area contributed by atoms with Crippen LogP contribution < -0.4 is 34.7 Å². The molecule has 0 saturated heterocycles. The molecule has 0 aliphatic rings. The van der Waals surface area contributed by atoms with Crippen LogP contribution in [-0.4, -0.2) is 24.7 Å². The van der Waals surface area contributed by atoms with Gasteiger partial charge in [-0.05, 0) is 31.0 Å². The third kappa shape index (κ3) is 5.74. The number of aliphatic imine (C=N–C) groups is 1. The average molecular weight is 279 g/mol. The van der Waals surface area contributed by atoms with Gasteiger partial charge in [0.15, 0.2) is 0 Å². The molecule has 18 heavy (non-hydrogen) atoms. The Bertz CT molecular complexity index is 567. The first kappa shape index (κ1) is 17.3. The number of hydrogen-bond donors (Lipinski definition) is 1. The minimum absolute atomic E-state index is 0. The van der Waals surface area contributed by atoms with Crippen molar-refractivity contribution >= 4 is 27.5 Å². The van der Waals surface area contributed by atoms with Crippen molar-refractivity contribution in [2.45, 2.75) is 18.2 Å². The third-order valence-corrected chi connectivity index (χ3v) is 2.62. The molecular formula is C10H10NNaO5S. The fourth-order valence-corrected chi connectivity index (χ4v) is 1.63. The van der Waals surface area contributed by atoms with Crippen molar-refractivity contribution in [3.05, 3.63) is 24.3 Å². The number of nitrogens with zero attached hydrogens (tertiary/aromatic N) is 1. The van der Waals surface area contributed by atoms with E-state index in [2.05, 4.69) is 4.99 Å². The van der Waals surface area contributed by atoms with Gasteiger partial charge in [0.25, 0.3) is 10.1 Å². The van der Waals surface area contributed by atoms with Crippen LogP contribution in [-0.2, 0) is 14.9 Å². The van der Waals surface area contributed by atoms with Crippen molar-refractivity contribution in [1.29, 1.82) is 0 Å². The smallest absolute Gasteiger partial charge is 0.861 e. The first-order chi connectivity index (χ1) is 7.79. The standard InChI is InChI=1S/C10H11NO5S.Na/c1-7(12)5-10(13)11-8-3-2-4-9(6-8)17(14,15)16;/h2-4,6H,5H2,1H3,(H,11,13)(H,14,15,16);/q;+1/p-1. The molecule has 0 bridgehead atoms. The van der Waals surface area contributed by atoms with E-state index in [-0.39, 0.29) is 52.3 Å². The van der Waals surface area contributed by atoms with Gasteiger partial charge >= 0.3 is 29.6 Å². The van der Waals surface area contributed by atoms with Gasteiger partial charge in [0, 0.05) is 6.42 Å². The second-order valence-electron chi connectivity index (χ2n) is 3.36. The zero-order chi connectivity index (χ0) is 13.1. The monoisotopic (exact) mass is 279 g/mol. The maximum absolute atomic E-state index is 11.2. The van der Waals surface area contributed by atoms with Crippen molar-refractivity contribution in [2.75, 3.05) is 0 Å². The van der Waals surface area contributed by atoms with E-state index in [1.165, 1.54) is 25.1 Å². The summed E-state index contributed by atoms with van der Waals surface area (Å²) in [4.78, 5) is 13.8. The Morgan fingerprint density at radius 2 is 2.06 bits per heavy atom. The van der Waals surface area contributed by atoms with E-state index in [0.717, 1.165) is 6.07 Å². The van der Waals surface area contributed by atoms with Crippen LogP contribution in [0.5, 0.6) is 0 Å². The molecule has 8 heteroatoms. The predicted octanol–water partition coefficient (Wildman–Crippen LogP) is -2.69. The summed E-state index contributed by atoms with van der Waals surface area (Å²) in [5.74, 6) is -0.991. The summed E-state index contributed by atoms with van der Waals surface area (Å²) in [6.07, 6.45) is -0.337. The van der Waals surface area contributed by atoms with E-state index < -0.39 is 16.0 Å². The molecule has 0 aliphatic carbocycles. The Morgan fingerprint density at radius 3 is 2.56 bits per heavy atom. The number of ketones is 1. The number of hydrogen-bond acceptors (Lipinski definition) is 5. The number of carbonyl (C=O) groups excluding carboxylic acids is 1. The van der Waals surface area contributed by atoms with Gasteiger partial charge in [-0.2, -0.15) is 8.42 Å². The van der Waals surface area contributed by atoms with Crippen LogP contribution in [0.4, 0.5) is 5.69 Å². The summed E-state index contributed by atoms with van der Waals surface area (Å²) in [5.41, 5.74) is 0.0753. The van der Waals surface area contributed by atoms with Crippen LogP contribution in [0.2, 0.25) is 0 Å². The number of rotatable bonds is 4. The molecule has 6 nitrogen and oxygen atoms in total. The second-order valence-corrected chi connectivity index (χ2v) is 4.78. The molecule has 1 rings (SSSR count). The second kappa shape index (κ2) is 7.01. The maximum atomic E-state index is 11.2. The van der Waals surface area contributed by atoms with Crippen LogP contribution in [0.1, 0.15) is 13.3 Å². The third-order valence-electron chi connectivity index (χ3n) is 1.77. The molecule has 0 radical (unpaired) electrons. The molecule has 0 fully saturated rings. The first-order valence-corrected chi connectivity index (χ1v) is 6.04. The van der Waals surface area contributed by atoms with Gasteiger partial charge in [0.2, 0.25) is 0 Å². The molecule has 0 amide bonds. The molecule has 0 spiro atoms. The van der Waals surface area contributed by atoms with Gasteiger partial charge in [-0.25, -0.2) is 0 Å². The maximum Gasteiger partial charge on any atom is 1.00 e. The molecular weight excluding hydrogens is 269 g/mol. The van der Waals surface area contributed by atoms with Crippen LogP contribution in [0, 0.1) is 0 Å². The summed E-state index contributed by atoms with van der Waals surface area (Å²) in [5, 5.41) is 11.2. The number of carbonyl (C=O) groups is 1. The Morgan fingerprint density at radius 1 is 1.44 bits per heavy atom. The Hall–Kier alpha value is -0.730. The van der Waals surface area contributed by atoms with Crippen molar-refractivity contribution in [1.82, 2.24) is 0 Å². The van der Waals surface area contributed by atoms with Crippen LogP contribution in [0.15, 0.2) is 34.2 Å². The Kier molecular flexibility index (Phi) is 6.72. The fraction of sp³-hybridized carbons (Fsp3) is 0.200. The van der Waals surface area contributed by atoms with Gasteiger partial charge in [-0.1, -0.05) is 6.07 Å². The summed E-state index contributed by atoms with van der Waals surface area (Å²) in [6, 6.07) is 4.95. The Balaban J connectivity index is 0.00000289. The van der Waals surface area contributed by atoms with E-state index in [1.807, 2.05) is 0 Å². The normalized spacial score (nSPS) is 11.8. The van der Waals surface area contributed by atoms with Gasteiger partial charge in [-0.15, -0.1) is 0 Å². The van der Waals surface area contributed by atoms with Crippen molar-refractivity contribution in [3.8, 4) is 0 Å². The molecule has 92 valence electrons. The van der Waals surface area contributed by atoms with Crippen molar-refractivity contribution in [2.24, 2.45) is 4.99 Å². The molecule has 0 aliphatic heterocycles. The Labute approximate surface area is 127 Å². The molecule has 0 atom stereocenters. The number of Topliss-reactive ketones (excluding diaryl/α,β-unsaturated/α-hetero) is 1. The molecule has 0 aromatic heterocycles. The minimum atomic E-state index is -4.32. The SMILES string of the molecule is CC(=O)CC([O-])=Nc1cccc(S(=O)(=O)O)c1.[Na+]. The zero-order valence-corrected chi connectivity index (χ0v) is 12.8. The molecule has 0 saturated carbocycles. The van der Waals surface area contributed by atoms with E-state index in [4.69, 9.17) is 4.55 Å². The fourth-order valence-electron chi connectivity index (χ4n) is 1.11. The summed E-state index contributed by atoms with van der Waals surface area (Å²) in [7, 11) is -4.32. The zero-order valence-electron chi connectivity index (χ0n) is 9.95. The number of benzene rings is 1. The van der Waals surface area contributed by atoms with E-state index in [9.17, 15) is 18.3 Å². The van der Waals surface area contributed by atoms with E-state index >= 15 is 0 Å². The molecule has 1 N–H and O–H groups in total. The van der Waals surface area contributed by atoms with Gasteiger partial charge in [0.1, 0.15) is 5.78 Å². The summed E-state index contributed by atoms with van der Waals surface area (Å²) < 4.78 is 30.4. The molecule has 0 unspecified atom stereocenters. The largest absolute Gasteiger partial charge is 1.00 e. The average Bonchev–Trinajstić information content (AvgIpc) is 2.15. The van der Waals surface area contributed by atoms with Crippen molar-refractivity contribution in [3.63, 3.8) is 0 Å². The molecule has 0 heterocycles. The van der Waals surface area contributed by atoms with Crippen LogP contribution >= 0.6 is 0 Å². The predicted molar refractivity (Wildman–Crippen MR) is 58.6 cm³/mol. The van der Waals surface area contributed by atoms with E-state index in [0.29, 0.717) is 0 Å². The summed E-state index contributed by atoms with van der Waals surface area (Å²) >= 11 is 0. The molecule has 1 aromatic carbocycles. The van der Waals surface area contributed by atoms with Gasteiger partial charge in [0.05, 0.1) is 10.6 Å². The summed E-state index contributed by atoms with van der Waals surface area (Å²) in [6.45, 7) is 1.25. The topological polar surface area (TPSA) is 107 Å².